The fraction of sp³-hybridized carbons (Fsp3) is 0.529. The Morgan fingerprint density at radius 1 is 1.04 bits per heavy atom. The van der Waals surface area contributed by atoms with Gasteiger partial charge in [-0.1, -0.05) is 0 Å². The lowest BCUT2D eigenvalue weighted by Gasteiger charge is -2.34. The van der Waals surface area contributed by atoms with E-state index >= 15 is 0 Å². The lowest BCUT2D eigenvalue weighted by molar-refractivity contribution is -0.138. The van der Waals surface area contributed by atoms with Gasteiger partial charge in [-0.2, -0.15) is 0 Å². The number of carbonyl (C=O) groups excluding carboxylic acids is 2. The van der Waals surface area contributed by atoms with E-state index in [2.05, 4.69) is 0 Å². The summed E-state index contributed by atoms with van der Waals surface area (Å²) in [5.41, 5.74) is 0.961. The number of hydrogen-bond acceptors (Lipinski definition) is 4. The molecule has 1 aromatic rings. The molecule has 126 valence electrons. The van der Waals surface area contributed by atoms with Gasteiger partial charge < -0.3 is 19.3 Å². The quantitative estimate of drug-likeness (QED) is 0.821. The highest BCUT2D eigenvalue weighted by atomic mass is 16.5. The number of methoxy groups -OCH3 is 2. The highest BCUT2D eigenvalue weighted by molar-refractivity contribution is 5.77. The third-order valence-electron chi connectivity index (χ3n) is 4.17. The van der Waals surface area contributed by atoms with Crippen molar-refractivity contribution < 1.29 is 19.1 Å². The molecule has 0 radical (unpaired) electrons. The standard InChI is InChI=1S/C17H24N2O4/c1-13(20)18-8-10-19(11-9-18)17(21)7-4-14-12-15(22-2)5-6-16(14)23-3/h5-6,12H,4,7-11H2,1-3H3. The summed E-state index contributed by atoms with van der Waals surface area (Å²) in [6.45, 7) is 4.00. The van der Waals surface area contributed by atoms with Gasteiger partial charge in [0, 0.05) is 39.5 Å². The number of piperazine rings is 1. The van der Waals surface area contributed by atoms with Crippen LogP contribution in [-0.4, -0.2) is 62.0 Å². The van der Waals surface area contributed by atoms with E-state index in [1.54, 1.807) is 26.0 Å². The first-order valence-electron chi connectivity index (χ1n) is 7.79. The zero-order valence-corrected chi connectivity index (χ0v) is 14.0. The van der Waals surface area contributed by atoms with E-state index < -0.39 is 0 Å². The lowest BCUT2D eigenvalue weighted by atomic mass is 10.1. The molecule has 0 aromatic heterocycles. The highest BCUT2D eigenvalue weighted by Gasteiger charge is 2.22. The molecule has 0 unspecified atom stereocenters. The van der Waals surface area contributed by atoms with E-state index in [1.807, 2.05) is 23.1 Å². The first kappa shape index (κ1) is 17.1. The van der Waals surface area contributed by atoms with Crippen molar-refractivity contribution in [1.82, 2.24) is 9.80 Å². The Bertz CT molecular complexity index is 566. The van der Waals surface area contributed by atoms with Crippen LogP contribution in [0.3, 0.4) is 0 Å². The smallest absolute Gasteiger partial charge is 0.223 e. The Kier molecular flexibility index (Phi) is 5.84. The molecule has 23 heavy (non-hydrogen) atoms. The van der Waals surface area contributed by atoms with Crippen molar-refractivity contribution in [3.63, 3.8) is 0 Å². The first-order valence-corrected chi connectivity index (χ1v) is 7.79. The van der Waals surface area contributed by atoms with Crippen LogP contribution < -0.4 is 9.47 Å². The maximum Gasteiger partial charge on any atom is 0.223 e. The second-order valence-electron chi connectivity index (χ2n) is 5.56. The molecule has 1 saturated heterocycles. The number of hydrogen-bond donors (Lipinski definition) is 0. The van der Waals surface area contributed by atoms with Crippen LogP contribution in [0, 0.1) is 0 Å². The van der Waals surface area contributed by atoms with E-state index in [4.69, 9.17) is 9.47 Å². The molecule has 1 fully saturated rings. The molecule has 0 saturated carbocycles. The molecule has 0 spiro atoms. The average Bonchev–Trinajstić information content (AvgIpc) is 2.59. The van der Waals surface area contributed by atoms with Crippen LogP contribution in [0.2, 0.25) is 0 Å². The number of carbonyl (C=O) groups is 2. The molecule has 6 nitrogen and oxygen atoms in total. The lowest BCUT2D eigenvalue weighted by Crippen LogP contribution is -2.50. The molecule has 2 rings (SSSR count). The second kappa shape index (κ2) is 7.85. The molecule has 1 aromatic carbocycles. The van der Waals surface area contributed by atoms with Gasteiger partial charge in [0.05, 0.1) is 14.2 Å². The summed E-state index contributed by atoms with van der Waals surface area (Å²) in [4.78, 5) is 27.3. The molecule has 0 bridgehead atoms. The van der Waals surface area contributed by atoms with Gasteiger partial charge in [-0.05, 0) is 30.2 Å². The normalized spacial score (nSPS) is 14.6. The van der Waals surface area contributed by atoms with Gasteiger partial charge >= 0.3 is 0 Å². The molecule has 1 aliphatic heterocycles. The molecule has 6 heteroatoms. The molecule has 1 aliphatic rings. The van der Waals surface area contributed by atoms with Gasteiger partial charge in [-0.25, -0.2) is 0 Å². The predicted molar refractivity (Wildman–Crippen MR) is 86.7 cm³/mol. The number of rotatable bonds is 5. The highest BCUT2D eigenvalue weighted by Crippen LogP contribution is 2.25. The molecule has 1 heterocycles. The van der Waals surface area contributed by atoms with Gasteiger partial charge in [0.25, 0.3) is 0 Å². The molecule has 0 aliphatic carbocycles. The number of benzene rings is 1. The van der Waals surface area contributed by atoms with Gasteiger partial charge in [-0.3, -0.25) is 9.59 Å². The summed E-state index contributed by atoms with van der Waals surface area (Å²) in [5.74, 6) is 1.69. The van der Waals surface area contributed by atoms with Crippen molar-refractivity contribution in [3.8, 4) is 11.5 Å². The van der Waals surface area contributed by atoms with E-state index in [9.17, 15) is 9.59 Å². The summed E-state index contributed by atoms with van der Waals surface area (Å²) in [6.07, 6.45) is 1.02. The first-order chi connectivity index (χ1) is 11.0. The maximum absolute atomic E-state index is 12.4. The van der Waals surface area contributed by atoms with Gasteiger partial charge in [0.1, 0.15) is 11.5 Å². The summed E-state index contributed by atoms with van der Waals surface area (Å²) in [7, 11) is 3.24. The summed E-state index contributed by atoms with van der Waals surface area (Å²) in [5, 5.41) is 0. The summed E-state index contributed by atoms with van der Waals surface area (Å²) < 4.78 is 10.6. The van der Waals surface area contributed by atoms with Crippen molar-refractivity contribution in [2.24, 2.45) is 0 Å². The molecule has 0 N–H and O–H groups in total. The predicted octanol–water partition coefficient (Wildman–Crippen LogP) is 1.33. The van der Waals surface area contributed by atoms with Crippen LogP contribution in [0.1, 0.15) is 18.9 Å². The fourth-order valence-corrected chi connectivity index (χ4v) is 2.75. The summed E-state index contributed by atoms with van der Waals surface area (Å²) >= 11 is 0. The minimum absolute atomic E-state index is 0.0678. The van der Waals surface area contributed by atoms with E-state index in [0.717, 1.165) is 17.1 Å². The van der Waals surface area contributed by atoms with Crippen LogP contribution >= 0.6 is 0 Å². The van der Waals surface area contributed by atoms with Crippen molar-refractivity contribution >= 4 is 11.8 Å². The number of nitrogens with zero attached hydrogens (tertiary/aromatic N) is 2. The van der Waals surface area contributed by atoms with Crippen LogP contribution in [0.4, 0.5) is 0 Å². The monoisotopic (exact) mass is 320 g/mol. The Balaban J connectivity index is 1.91. The van der Waals surface area contributed by atoms with Crippen molar-refractivity contribution in [2.75, 3.05) is 40.4 Å². The Morgan fingerprint density at radius 2 is 1.70 bits per heavy atom. The Labute approximate surface area is 137 Å². The topological polar surface area (TPSA) is 59.1 Å². The average molecular weight is 320 g/mol. The Hall–Kier alpha value is -2.24. The van der Waals surface area contributed by atoms with Gasteiger partial charge in [0.2, 0.25) is 11.8 Å². The van der Waals surface area contributed by atoms with Crippen molar-refractivity contribution in [3.05, 3.63) is 23.8 Å². The van der Waals surface area contributed by atoms with Gasteiger partial charge in [0.15, 0.2) is 0 Å². The zero-order chi connectivity index (χ0) is 16.8. The zero-order valence-electron chi connectivity index (χ0n) is 14.0. The minimum Gasteiger partial charge on any atom is -0.497 e. The van der Waals surface area contributed by atoms with Crippen LogP contribution in [0.15, 0.2) is 18.2 Å². The van der Waals surface area contributed by atoms with E-state index in [-0.39, 0.29) is 11.8 Å². The fourth-order valence-electron chi connectivity index (χ4n) is 2.75. The molecular formula is C17H24N2O4. The van der Waals surface area contributed by atoms with Crippen LogP contribution in [0.25, 0.3) is 0 Å². The summed E-state index contributed by atoms with van der Waals surface area (Å²) in [6, 6.07) is 5.59. The van der Waals surface area contributed by atoms with Crippen LogP contribution in [0.5, 0.6) is 11.5 Å². The maximum atomic E-state index is 12.4. The number of ether oxygens (including phenoxy) is 2. The molecular weight excluding hydrogens is 296 g/mol. The number of amides is 2. The molecule has 2 amide bonds. The third kappa shape index (κ3) is 4.37. The van der Waals surface area contributed by atoms with E-state index in [0.29, 0.717) is 39.0 Å². The third-order valence-corrected chi connectivity index (χ3v) is 4.17. The second-order valence-corrected chi connectivity index (χ2v) is 5.56. The minimum atomic E-state index is 0.0678. The largest absolute Gasteiger partial charge is 0.497 e. The molecule has 0 atom stereocenters. The van der Waals surface area contributed by atoms with Gasteiger partial charge in [-0.15, -0.1) is 0 Å². The van der Waals surface area contributed by atoms with E-state index in [1.165, 1.54) is 0 Å². The van der Waals surface area contributed by atoms with Crippen molar-refractivity contribution in [2.45, 2.75) is 19.8 Å². The number of aryl methyl sites for hydroxylation is 1. The SMILES string of the molecule is COc1ccc(OC)c(CCC(=O)N2CCN(C(C)=O)CC2)c1. The van der Waals surface area contributed by atoms with Crippen molar-refractivity contribution in [1.29, 1.82) is 0 Å². The van der Waals surface area contributed by atoms with Crippen LogP contribution in [-0.2, 0) is 16.0 Å². The Morgan fingerprint density at radius 3 is 2.26 bits per heavy atom.